The highest BCUT2D eigenvalue weighted by Crippen LogP contribution is 2.36. The molecule has 5 rings (SSSR count). The van der Waals surface area contributed by atoms with Crippen LogP contribution in [0.25, 0.3) is 10.9 Å². The molecule has 8 nitrogen and oxygen atoms in total. The number of hydrogen-bond donors (Lipinski definition) is 1. The monoisotopic (exact) mass is 462 g/mol. The van der Waals surface area contributed by atoms with Crippen molar-refractivity contribution >= 4 is 28.7 Å². The minimum atomic E-state index is -0.984. The van der Waals surface area contributed by atoms with Gasteiger partial charge in [0.15, 0.2) is 0 Å². The number of carboxylic acids is 1. The molecule has 8 heteroatoms. The number of anilines is 1. The van der Waals surface area contributed by atoms with E-state index in [9.17, 15) is 9.59 Å². The van der Waals surface area contributed by atoms with Gasteiger partial charge in [-0.25, -0.2) is 9.59 Å². The van der Waals surface area contributed by atoms with Crippen LogP contribution < -0.4 is 4.90 Å². The van der Waals surface area contributed by atoms with Crippen molar-refractivity contribution in [3.63, 3.8) is 0 Å². The number of carboxylic acid groups (broad SMARTS) is 1. The zero-order valence-corrected chi connectivity index (χ0v) is 19.7. The van der Waals surface area contributed by atoms with Gasteiger partial charge in [0.1, 0.15) is 5.60 Å². The van der Waals surface area contributed by atoms with Crippen molar-refractivity contribution in [3.05, 3.63) is 59.3 Å². The smallest absolute Gasteiger partial charge is 0.415 e. The number of aromatic nitrogens is 2. The minimum absolute atomic E-state index is 0.198. The van der Waals surface area contributed by atoms with Crippen LogP contribution in [0.5, 0.6) is 0 Å². The van der Waals surface area contributed by atoms with E-state index >= 15 is 0 Å². The van der Waals surface area contributed by atoms with Gasteiger partial charge in [-0.3, -0.25) is 14.5 Å². The number of likely N-dealkylation sites (tertiary alicyclic amines) is 1. The quantitative estimate of drug-likeness (QED) is 0.583. The normalized spacial score (nSPS) is 18.1. The van der Waals surface area contributed by atoms with Crippen LogP contribution in [0.15, 0.2) is 42.5 Å². The molecule has 0 bridgehead atoms. The van der Waals surface area contributed by atoms with E-state index in [1.165, 1.54) is 28.6 Å². The van der Waals surface area contributed by atoms with Crippen molar-refractivity contribution < 1.29 is 19.4 Å². The fourth-order valence-corrected chi connectivity index (χ4v) is 5.05. The van der Waals surface area contributed by atoms with Crippen LogP contribution in [0.1, 0.15) is 47.8 Å². The number of piperidine rings is 1. The molecule has 1 spiro atoms. The predicted molar refractivity (Wildman–Crippen MR) is 129 cm³/mol. The molecule has 178 valence electrons. The molecule has 0 atom stereocenters. The summed E-state index contributed by atoms with van der Waals surface area (Å²) in [5.74, 6) is -0.984. The highest BCUT2D eigenvalue weighted by molar-refractivity contribution is 5.92. The fraction of sp³-hybridized carbons (Fsp3) is 0.423. The van der Waals surface area contributed by atoms with Crippen molar-refractivity contribution in [1.29, 1.82) is 0 Å². The van der Waals surface area contributed by atoms with E-state index in [0.717, 1.165) is 51.1 Å². The maximum atomic E-state index is 12.6. The Hall–Kier alpha value is -3.39. The first kappa shape index (κ1) is 22.4. The van der Waals surface area contributed by atoms with Crippen LogP contribution in [0.3, 0.4) is 0 Å². The second-order valence-corrected chi connectivity index (χ2v) is 9.46. The lowest BCUT2D eigenvalue weighted by Gasteiger charge is -2.37. The van der Waals surface area contributed by atoms with Crippen LogP contribution in [0, 0.1) is 6.92 Å². The molecule has 3 aromatic rings. The minimum Gasteiger partial charge on any atom is -0.478 e. The van der Waals surface area contributed by atoms with Crippen molar-refractivity contribution in [3.8, 4) is 0 Å². The van der Waals surface area contributed by atoms with E-state index in [1.54, 1.807) is 17.0 Å². The molecule has 2 saturated heterocycles. The summed E-state index contributed by atoms with van der Waals surface area (Å²) >= 11 is 0. The summed E-state index contributed by atoms with van der Waals surface area (Å²) < 4.78 is 8.00. The predicted octanol–water partition coefficient (Wildman–Crippen LogP) is 4.44. The Kier molecular flexibility index (Phi) is 5.77. The number of nitrogens with zero attached hydrogens (tertiary/aromatic N) is 4. The van der Waals surface area contributed by atoms with Gasteiger partial charge in [0.2, 0.25) is 0 Å². The van der Waals surface area contributed by atoms with Gasteiger partial charge in [0, 0.05) is 50.1 Å². The van der Waals surface area contributed by atoms with Gasteiger partial charge in [-0.15, -0.1) is 0 Å². The second kappa shape index (κ2) is 8.76. The molecule has 2 fully saturated rings. The molecule has 2 aliphatic heterocycles. The summed E-state index contributed by atoms with van der Waals surface area (Å²) in [6.45, 7) is 8.10. The zero-order chi connectivity index (χ0) is 23.9. The molecule has 0 unspecified atom stereocenters. The standard InChI is InChI=1S/C26H30N4O4/c1-3-12-30-23-15-18(2)4-9-21(23)22(27-30)16-28-13-10-26(11-14-28)17-29(25(33)34-26)20-7-5-19(6-8-20)24(31)32/h4-9,15H,3,10-14,16-17H2,1-2H3,(H,31,32). The zero-order valence-electron chi connectivity index (χ0n) is 19.7. The molecule has 2 aliphatic rings. The van der Waals surface area contributed by atoms with Gasteiger partial charge >= 0.3 is 12.1 Å². The SMILES string of the molecule is CCCn1nc(CN2CCC3(CC2)CN(c2ccc(C(=O)O)cc2)C(=O)O3)c2ccc(C)cc21. The third-order valence-electron chi connectivity index (χ3n) is 6.96. The Morgan fingerprint density at radius 3 is 2.56 bits per heavy atom. The van der Waals surface area contributed by atoms with Gasteiger partial charge in [-0.05, 0) is 49.2 Å². The molecule has 0 radical (unpaired) electrons. The Morgan fingerprint density at radius 2 is 1.88 bits per heavy atom. The molecule has 1 amide bonds. The number of ether oxygens (including phenoxy) is 1. The first-order valence-corrected chi connectivity index (χ1v) is 11.9. The largest absolute Gasteiger partial charge is 0.478 e. The van der Waals surface area contributed by atoms with Gasteiger partial charge in [-0.2, -0.15) is 5.10 Å². The van der Waals surface area contributed by atoms with E-state index in [2.05, 4.69) is 41.6 Å². The first-order valence-electron chi connectivity index (χ1n) is 11.9. The lowest BCUT2D eigenvalue weighted by Crippen LogP contribution is -2.46. The van der Waals surface area contributed by atoms with Crippen LogP contribution in [0.2, 0.25) is 0 Å². The number of aryl methyl sites for hydroxylation is 2. The number of benzene rings is 2. The van der Waals surface area contributed by atoms with Crippen LogP contribution in [0.4, 0.5) is 10.5 Å². The van der Waals surface area contributed by atoms with Gasteiger partial charge in [0.05, 0.1) is 23.3 Å². The van der Waals surface area contributed by atoms with E-state index in [-0.39, 0.29) is 11.7 Å². The Morgan fingerprint density at radius 1 is 1.15 bits per heavy atom. The first-order chi connectivity index (χ1) is 16.4. The maximum absolute atomic E-state index is 12.6. The molecular weight excluding hydrogens is 432 g/mol. The second-order valence-electron chi connectivity index (χ2n) is 9.46. The summed E-state index contributed by atoms with van der Waals surface area (Å²) in [6.07, 6.45) is 2.19. The molecule has 0 saturated carbocycles. The molecule has 1 N–H and O–H groups in total. The number of rotatable bonds is 6. The Balaban J connectivity index is 1.26. The summed E-state index contributed by atoms with van der Waals surface area (Å²) in [6, 6.07) is 12.9. The van der Waals surface area contributed by atoms with Crippen LogP contribution >= 0.6 is 0 Å². The number of hydrogen-bond acceptors (Lipinski definition) is 5. The lowest BCUT2D eigenvalue weighted by atomic mass is 9.91. The van der Waals surface area contributed by atoms with E-state index in [1.807, 2.05) is 0 Å². The molecule has 0 aliphatic carbocycles. The average molecular weight is 463 g/mol. The molecule has 34 heavy (non-hydrogen) atoms. The van der Waals surface area contributed by atoms with Crippen LogP contribution in [-0.2, 0) is 17.8 Å². The van der Waals surface area contributed by atoms with Gasteiger partial charge in [0.25, 0.3) is 0 Å². The van der Waals surface area contributed by atoms with Gasteiger partial charge in [-0.1, -0.05) is 19.1 Å². The van der Waals surface area contributed by atoms with Gasteiger partial charge < -0.3 is 9.84 Å². The maximum Gasteiger partial charge on any atom is 0.415 e. The van der Waals surface area contributed by atoms with Crippen molar-refractivity contribution in [2.45, 2.75) is 51.8 Å². The van der Waals surface area contributed by atoms with E-state index in [0.29, 0.717) is 12.2 Å². The summed E-state index contributed by atoms with van der Waals surface area (Å²) in [7, 11) is 0. The average Bonchev–Trinajstić information content (AvgIpc) is 3.32. The van der Waals surface area contributed by atoms with Crippen molar-refractivity contribution in [2.75, 3.05) is 24.5 Å². The van der Waals surface area contributed by atoms with Crippen LogP contribution in [-0.4, -0.2) is 57.1 Å². The van der Waals surface area contributed by atoms with E-state index < -0.39 is 11.6 Å². The molecule has 2 aromatic carbocycles. The third kappa shape index (κ3) is 4.14. The third-order valence-corrected chi connectivity index (χ3v) is 6.96. The number of fused-ring (bicyclic) bond motifs is 1. The summed E-state index contributed by atoms with van der Waals surface area (Å²) in [4.78, 5) is 27.8. The highest BCUT2D eigenvalue weighted by Gasteiger charge is 2.47. The van der Waals surface area contributed by atoms with E-state index in [4.69, 9.17) is 14.9 Å². The number of carbonyl (C=O) groups excluding carboxylic acids is 1. The topological polar surface area (TPSA) is 87.9 Å². The highest BCUT2D eigenvalue weighted by atomic mass is 16.6. The summed E-state index contributed by atoms with van der Waals surface area (Å²) in [5, 5.41) is 15.2. The Labute approximate surface area is 198 Å². The molecule has 1 aromatic heterocycles. The lowest BCUT2D eigenvalue weighted by molar-refractivity contribution is -0.00119. The summed E-state index contributed by atoms with van der Waals surface area (Å²) in [5.41, 5.74) is 3.89. The number of amides is 1. The molecule has 3 heterocycles. The van der Waals surface area contributed by atoms with Crippen molar-refractivity contribution in [2.24, 2.45) is 0 Å². The number of carbonyl (C=O) groups is 2. The van der Waals surface area contributed by atoms with Crippen molar-refractivity contribution in [1.82, 2.24) is 14.7 Å². The molecular formula is C26H30N4O4. The number of aromatic carboxylic acids is 1. The fourth-order valence-electron chi connectivity index (χ4n) is 5.05. The Bertz CT molecular complexity index is 1230.